The van der Waals surface area contributed by atoms with Gasteiger partial charge in [0.05, 0.1) is 0 Å². The number of rotatable bonds is 9. The van der Waals surface area contributed by atoms with Gasteiger partial charge in [0.1, 0.15) is 0 Å². The minimum Gasteiger partial charge on any atom is -0.0622 e. The monoisotopic (exact) mass is 814 g/mol. The number of fused-ring (bicyclic) bond motifs is 4. The van der Waals surface area contributed by atoms with Gasteiger partial charge >= 0.3 is 0 Å². The fourth-order valence-corrected chi connectivity index (χ4v) is 10.0. The van der Waals surface area contributed by atoms with Crippen LogP contribution in [0.4, 0.5) is 0 Å². The SMILES string of the molecule is CC(c1ccccc1)(c1ccc(-c2c3ccccc3c(C=Cc3ccccc3)c3ccccc23)cc1)c1ccc(-c2c3ccccc3c(C=Cc3ccccc3)c3ccccc23)cc1. The summed E-state index contributed by atoms with van der Waals surface area (Å²) in [6.45, 7) is 2.38. The second kappa shape index (κ2) is 16.7. The Morgan fingerprint density at radius 3 is 0.844 bits per heavy atom. The van der Waals surface area contributed by atoms with Crippen molar-refractivity contribution in [1.82, 2.24) is 0 Å². The summed E-state index contributed by atoms with van der Waals surface area (Å²) in [5.74, 6) is 0. The molecule has 0 radical (unpaired) electrons. The fraction of sp³-hybridized carbons (Fsp3) is 0.0312. The van der Waals surface area contributed by atoms with E-state index < -0.39 is 5.41 Å². The number of hydrogen-bond donors (Lipinski definition) is 0. The molecule has 0 heteroatoms. The Hall–Kier alpha value is -8.06. The van der Waals surface area contributed by atoms with Crippen molar-refractivity contribution in [3.63, 3.8) is 0 Å². The third-order valence-electron chi connectivity index (χ3n) is 13.3. The van der Waals surface area contributed by atoms with E-state index in [0.717, 1.165) is 0 Å². The zero-order valence-corrected chi connectivity index (χ0v) is 35.8. The summed E-state index contributed by atoms with van der Waals surface area (Å²) in [7, 11) is 0. The Morgan fingerprint density at radius 2 is 0.516 bits per heavy atom. The standard InChI is InChI=1S/C64H46/c1-64(49-23-9-4-10-24-49,50-39-35-47(36-40-50)62-58-29-15-11-25-52(58)56(53-26-12-16-30-59(53)62)43-33-45-19-5-2-6-20-45)51-41-37-48(38-42-51)63-60-31-17-13-27-54(60)57(55-28-14-18-32-61(55)63)44-34-46-21-7-3-8-22-46/h2-44H,1H3. The molecule has 0 nitrogen and oxygen atoms in total. The van der Waals surface area contributed by atoms with E-state index in [9.17, 15) is 0 Å². The highest BCUT2D eigenvalue weighted by Gasteiger charge is 2.31. The number of hydrogen-bond acceptors (Lipinski definition) is 0. The lowest BCUT2D eigenvalue weighted by molar-refractivity contribution is 0.693. The van der Waals surface area contributed by atoms with Crippen molar-refractivity contribution in [1.29, 1.82) is 0 Å². The first-order chi connectivity index (χ1) is 31.6. The Bertz CT molecular complexity index is 3170. The largest absolute Gasteiger partial charge is 0.0622 e. The molecule has 64 heavy (non-hydrogen) atoms. The molecular weight excluding hydrogens is 769 g/mol. The maximum atomic E-state index is 2.38. The summed E-state index contributed by atoms with van der Waals surface area (Å²) >= 11 is 0. The Kier molecular flexibility index (Phi) is 10.1. The van der Waals surface area contributed by atoms with Crippen LogP contribution in [-0.2, 0) is 5.41 Å². The lowest BCUT2D eigenvalue weighted by Gasteiger charge is -2.32. The van der Waals surface area contributed by atoms with Gasteiger partial charge in [-0.15, -0.1) is 0 Å². The lowest BCUT2D eigenvalue weighted by Crippen LogP contribution is -2.25. The minimum atomic E-state index is -0.412. The highest BCUT2D eigenvalue weighted by Crippen LogP contribution is 2.45. The quantitative estimate of drug-likeness (QED) is 0.0773. The molecule has 302 valence electrons. The first kappa shape index (κ1) is 38.8. The van der Waals surface area contributed by atoms with Gasteiger partial charge in [0.15, 0.2) is 0 Å². The molecule has 0 unspecified atom stereocenters. The third-order valence-corrected chi connectivity index (χ3v) is 13.3. The molecule has 0 aliphatic carbocycles. The van der Waals surface area contributed by atoms with Crippen molar-refractivity contribution in [3.8, 4) is 22.3 Å². The van der Waals surface area contributed by atoms with Crippen LogP contribution in [0.5, 0.6) is 0 Å². The minimum absolute atomic E-state index is 0.412. The van der Waals surface area contributed by atoms with Crippen LogP contribution in [0.25, 0.3) is 89.6 Å². The highest BCUT2D eigenvalue weighted by molar-refractivity contribution is 6.19. The average molecular weight is 815 g/mol. The van der Waals surface area contributed by atoms with Crippen LogP contribution in [0.15, 0.2) is 237 Å². The van der Waals surface area contributed by atoms with Crippen LogP contribution in [0.1, 0.15) is 45.9 Å². The fourth-order valence-electron chi connectivity index (χ4n) is 10.0. The Balaban J connectivity index is 1.02. The summed E-state index contributed by atoms with van der Waals surface area (Å²) in [5, 5.41) is 10.0. The van der Waals surface area contributed by atoms with E-state index in [2.05, 4.69) is 268 Å². The molecule has 0 saturated heterocycles. The Morgan fingerprint density at radius 1 is 0.250 bits per heavy atom. The topological polar surface area (TPSA) is 0 Å². The molecule has 0 saturated carbocycles. The van der Waals surface area contributed by atoms with Crippen LogP contribution >= 0.6 is 0 Å². The highest BCUT2D eigenvalue weighted by atomic mass is 14.3. The molecule has 0 aliphatic rings. The van der Waals surface area contributed by atoms with Gasteiger partial charge in [-0.05, 0) is 111 Å². The second-order valence-electron chi connectivity index (χ2n) is 16.9. The van der Waals surface area contributed by atoms with Crippen LogP contribution in [0.3, 0.4) is 0 Å². The number of benzene rings is 11. The van der Waals surface area contributed by atoms with E-state index in [4.69, 9.17) is 0 Å². The molecule has 0 aromatic heterocycles. The van der Waals surface area contributed by atoms with E-state index in [1.807, 2.05) is 0 Å². The van der Waals surface area contributed by atoms with Crippen molar-refractivity contribution in [2.75, 3.05) is 0 Å². The molecule has 11 aromatic carbocycles. The Labute approximate surface area is 375 Å². The van der Waals surface area contributed by atoms with Gasteiger partial charge in [-0.1, -0.05) is 261 Å². The third kappa shape index (κ3) is 6.91. The van der Waals surface area contributed by atoms with Crippen molar-refractivity contribution in [2.45, 2.75) is 12.3 Å². The molecule has 11 rings (SSSR count). The van der Waals surface area contributed by atoms with Gasteiger partial charge in [0, 0.05) is 5.41 Å². The normalized spacial score (nSPS) is 12.8. The van der Waals surface area contributed by atoms with Gasteiger partial charge < -0.3 is 0 Å². The predicted molar refractivity (Wildman–Crippen MR) is 277 cm³/mol. The van der Waals surface area contributed by atoms with Gasteiger partial charge in [-0.25, -0.2) is 0 Å². The summed E-state index contributed by atoms with van der Waals surface area (Å²) in [6.07, 6.45) is 9.03. The van der Waals surface area contributed by atoms with Crippen molar-refractivity contribution in [3.05, 3.63) is 276 Å². The van der Waals surface area contributed by atoms with Crippen LogP contribution in [0.2, 0.25) is 0 Å². The maximum absolute atomic E-state index is 2.38. The molecule has 11 aromatic rings. The van der Waals surface area contributed by atoms with E-state index in [1.165, 1.54) is 104 Å². The van der Waals surface area contributed by atoms with Gasteiger partial charge in [0.25, 0.3) is 0 Å². The van der Waals surface area contributed by atoms with Crippen LogP contribution in [0, 0.1) is 0 Å². The molecule has 0 aliphatic heterocycles. The molecule has 0 N–H and O–H groups in total. The first-order valence-electron chi connectivity index (χ1n) is 22.3. The summed E-state index contributed by atoms with van der Waals surface area (Å²) in [4.78, 5) is 0. The van der Waals surface area contributed by atoms with Crippen LogP contribution in [-0.4, -0.2) is 0 Å². The van der Waals surface area contributed by atoms with E-state index in [1.54, 1.807) is 0 Å². The zero-order chi connectivity index (χ0) is 42.9. The van der Waals surface area contributed by atoms with E-state index >= 15 is 0 Å². The molecule has 0 heterocycles. The van der Waals surface area contributed by atoms with Gasteiger partial charge in [-0.3, -0.25) is 0 Å². The van der Waals surface area contributed by atoms with Crippen LogP contribution < -0.4 is 0 Å². The summed E-state index contributed by atoms with van der Waals surface area (Å²) in [5.41, 5.74) is 13.2. The molecule has 0 fully saturated rings. The average Bonchev–Trinajstić information content (AvgIpc) is 3.37. The summed E-state index contributed by atoms with van der Waals surface area (Å²) < 4.78 is 0. The molecule has 0 atom stereocenters. The second-order valence-corrected chi connectivity index (χ2v) is 16.9. The predicted octanol–water partition coefficient (Wildman–Crippen LogP) is 17.3. The molecular formula is C64H46. The first-order valence-corrected chi connectivity index (χ1v) is 22.3. The molecule has 0 bridgehead atoms. The molecule has 0 amide bonds. The lowest BCUT2D eigenvalue weighted by atomic mass is 9.70. The smallest absolute Gasteiger partial charge is 0.0423 e. The maximum Gasteiger partial charge on any atom is 0.0423 e. The van der Waals surface area contributed by atoms with Crippen molar-refractivity contribution in [2.24, 2.45) is 0 Å². The molecule has 0 spiro atoms. The summed E-state index contributed by atoms with van der Waals surface area (Å²) in [6, 6.07) is 86.3. The van der Waals surface area contributed by atoms with Gasteiger partial charge in [0.2, 0.25) is 0 Å². The van der Waals surface area contributed by atoms with Gasteiger partial charge in [-0.2, -0.15) is 0 Å². The van der Waals surface area contributed by atoms with Crippen molar-refractivity contribution >= 4 is 67.4 Å². The zero-order valence-electron chi connectivity index (χ0n) is 35.8. The van der Waals surface area contributed by atoms with Crippen molar-refractivity contribution < 1.29 is 0 Å². The van der Waals surface area contributed by atoms with E-state index in [0.29, 0.717) is 0 Å². The van der Waals surface area contributed by atoms with E-state index in [-0.39, 0.29) is 0 Å².